The molecule has 1 heteroatoms. The highest BCUT2D eigenvalue weighted by atomic mass is 16.3. The summed E-state index contributed by atoms with van der Waals surface area (Å²) >= 11 is 0. The SMILES string of the molecule is [CH2]CCC#CC(CC)C(C)O. The van der Waals surface area contributed by atoms with Crippen molar-refractivity contribution in [1.29, 1.82) is 0 Å². The molecule has 63 valence electrons. The first-order valence-corrected chi connectivity index (χ1v) is 4.18. The molecule has 0 rings (SSSR count). The van der Waals surface area contributed by atoms with E-state index in [-0.39, 0.29) is 12.0 Å². The van der Waals surface area contributed by atoms with E-state index in [1.54, 1.807) is 6.92 Å². The van der Waals surface area contributed by atoms with Crippen molar-refractivity contribution in [2.24, 2.45) is 5.92 Å². The van der Waals surface area contributed by atoms with Gasteiger partial charge in [-0.25, -0.2) is 0 Å². The molecule has 0 fully saturated rings. The van der Waals surface area contributed by atoms with Crippen molar-refractivity contribution in [2.75, 3.05) is 0 Å². The summed E-state index contributed by atoms with van der Waals surface area (Å²) in [7, 11) is 0. The van der Waals surface area contributed by atoms with Crippen LogP contribution in [0, 0.1) is 24.7 Å². The minimum absolute atomic E-state index is 0.140. The van der Waals surface area contributed by atoms with Crippen molar-refractivity contribution >= 4 is 0 Å². The first-order chi connectivity index (χ1) is 5.22. The molecule has 0 aromatic rings. The largest absolute Gasteiger partial charge is 0.392 e. The van der Waals surface area contributed by atoms with Crippen LogP contribution in [0.2, 0.25) is 0 Å². The Morgan fingerprint density at radius 2 is 2.18 bits per heavy atom. The van der Waals surface area contributed by atoms with Gasteiger partial charge in [0.15, 0.2) is 0 Å². The Morgan fingerprint density at radius 1 is 1.55 bits per heavy atom. The maximum absolute atomic E-state index is 9.19. The standard InChI is InChI=1S/C10H17O/c1-4-6-7-8-10(5-2)9(3)11/h9-11H,1,4-6H2,2-3H3. The first kappa shape index (κ1) is 10.5. The van der Waals surface area contributed by atoms with Crippen LogP contribution >= 0.6 is 0 Å². The van der Waals surface area contributed by atoms with Crippen LogP contribution < -0.4 is 0 Å². The van der Waals surface area contributed by atoms with Crippen molar-refractivity contribution in [3.63, 3.8) is 0 Å². The maximum atomic E-state index is 9.19. The monoisotopic (exact) mass is 153 g/mol. The van der Waals surface area contributed by atoms with Crippen molar-refractivity contribution in [3.05, 3.63) is 6.92 Å². The van der Waals surface area contributed by atoms with Crippen LogP contribution in [0.4, 0.5) is 0 Å². The van der Waals surface area contributed by atoms with Gasteiger partial charge in [0.05, 0.1) is 6.10 Å². The number of hydrogen-bond donors (Lipinski definition) is 1. The lowest BCUT2D eigenvalue weighted by Gasteiger charge is -2.09. The van der Waals surface area contributed by atoms with Crippen molar-refractivity contribution < 1.29 is 5.11 Å². The van der Waals surface area contributed by atoms with Crippen LogP contribution in [-0.4, -0.2) is 11.2 Å². The lowest BCUT2D eigenvalue weighted by molar-refractivity contribution is 0.151. The van der Waals surface area contributed by atoms with E-state index in [9.17, 15) is 5.11 Å². The zero-order chi connectivity index (χ0) is 8.69. The lowest BCUT2D eigenvalue weighted by Crippen LogP contribution is -2.13. The van der Waals surface area contributed by atoms with E-state index < -0.39 is 0 Å². The number of hydrogen-bond acceptors (Lipinski definition) is 1. The van der Waals surface area contributed by atoms with Crippen LogP contribution in [-0.2, 0) is 0 Å². The highest BCUT2D eigenvalue weighted by Gasteiger charge is 2.07. The summed E-state index contributed by atoms with van der Waals surface area (Å²) in [6.07, 6.45) is 2.30. The second kappa shape index (κ2) is 6.24. The summed E-state index contributed by atoms with van der Waals surface area (Å²) in [5, 5.41) is 9.19. The summed E-state index contributed by atoms with van der Waals surface area (Å²) in [6, 6.07) is 0. The van der Waals surface area contributed by atoms with Crippen LogP contribution in [0.25, 0.3) is 0 Å². The van der Waals surface area contributed by atoms with Gasteiger partial charge in [-0.1, -0.05) is 19.8 Å². The summed E-state index contributed by atoms with van der Waals surface area (Å²) in [5.41, 5.74) is 0. The number of rotatable bonds is 3. The molecule has 1 nitrogen and oxygen atoms in total. The second-order valence-corrected chi connectivity index (χ2v) is 2.68. The van der Waals surface area contributed by atoms with Crippen molar-refractivity contribution in [2.45, 2.75) is 39.2 Å². The molecule has 1 N–H and O–H groups in total. The molecule has 2 unspecified atom stereocenters. The molecule has 0 aliphatic rings. The van der Waals surface area contributed by atoms with Gasteiger partial charge in [-0.2, -0.15) is 0 Å². The average Bonchev–Trinajstić information content (AvgIpc) is 1.97. The van der Waals surface area contributed by atoms with E-state index >= 15 is 0 Å². The number of aliphatic hydroxyl groups is 1. The Labute approximate surface area is 69.8 Å². The fourth-order valence-electron chi connectivity index (χ4n) is 0.855. The van der Waals surface area contributed by atoms with Gasteiger partial charge in [0.2, 0.25) is 0 Å². The maximum Gasteiger partial charge on any atom is 0.0649 e. The van der Waals surface area contributed by atoms with E-state index in [4.69, 9.17) is 0 Å². The number of unbranched alkanes of at least 4 members (excludes halogenated alkanes) is 1. The Morgan fingerprint density at radius 3 is 2.55 bits per heavy atom. The molecule has 0 saturated heterocycles. The van der Waals surface area contributed by atoms with Crippen LogP contribution in [0.1, 0.15) is 33.1 Å². The topological polar surface area (TPSA) is 20.2 Å². The molecular weight excluding hydrogens is 136 g/mol. The molecular formula is C10H17O. The molecule has 0 aliphatic carbocycles. The van der Waals surface area contributed by atoms with Gasteiger partial charge in [-0.15, -0.1) is 5.92 Å². The number of aliphatic hydroxyl groups excluding tert-OH is 1. The molecule has 0 spiro atoms. The lowest BCUT2D eigenvalue weighted by atomic mass is 10.0. The third-order valence-corrected chi connectivity index (χ3v) is 1.61. The van der Waals surface area contributed by atoms with E-state index in [1.165, 1.54) is 0 Å². The van der Waals surface area contributed by atoms with Crippen LogP contribution in [0.3, 0.4) is 0 Å². The van der Waals surface area contributed by atoms with Gasteiger partial charge >= 0.3 is 0 Å². The highest BCUT2D eigenvalue weighted by molar-refractivity contribution is 5.04. The fraction of sp³-hybridized carbons (Fsp3) is 0.700. The smallest absolute Gasteiger partial charge is 0.0649 e. The van der Waals surface area contributed by atoms with Gasteiger partial charge in [0.1, 0.15) is 0 Å². The Hall–Kier alpha value is -0.480. The van der Waals surface area contributed by atoms with Gasteiger partial charge in [-0.3, -0.25) is 0 Å². The molecule has 2 atom stereocenters. The second-order valence-electron chi connectivity index (χ2n) is 2.68. The van der Waals surface area contributed by atoms with E-state index in [2.05, 4.69) is 18.8 Å². The summed E-state index contributed by atoms with van der Waals surface area (Å²) in [4.78, 5) is 0. The quantitative estimate of drug-likeness (QED) is 0.615. The van der Waals surface area contributed by atoms with Crippen LogP contribution in [0.15, 0.2) is 0 Å². The predicted octanol–water partition coefficient (Wildman–Crippen LogP) is 2.01. The Bertz CT molecular complexity index is 139. The van der Waals surface area contributed by atoms with Crippen LogP contribution in [0.5, 0.6) is 0 Å². The van der Waals surface area contributed by atoms with E-state index in [1.807, 2.05) is 6.92 Å². The van der Waals surface area contributed by atoms with Gasteiger partial charge < -0.3 is 5.11 Å². The minimum Gasteiger partial charge on any atom is -0.392 e. The molecule has 0 saturated carbocycles. The molecule has 0 aromatic carbocycles. The molecule has 1 radical (unpaired) electrons. The predicted molar refractivity (Wildman–Crippen MR) is 47.8 cm³/mol. The molecule has 0 amide bonds. The van der Waals surface area contributed by atoms with Gasteiger partial charge in [0.25, 0.3) is 0 Å². The molecule has 0 heterocycles. The zero-order valence-electron chi connectivity index (χ0n) is 7.43. The van der Waals surface area contributed by atoms with Crippen molar-refractivity contribution in [1.82, 2.24) is 0 Å². The summed E-state index contributed by atoms with van der Waals surface area (Å²) in [5.74, 6) is 6.16. The molecule has 11 heavy (non-hydrogen) atoms. The summed E-state index contributed by atoms with van der Waals surface area (Å²) in [6.45, 7) is 7.51. The first-order valence-electron chi connectivity index (χ1n) is 4.18. The van der Waals surface area contributed by atoms with Gasteiger partial charge in [-0.05, 0) is 19.8 Å². The third-order valence-electron chi connectivity index (χ3n) is 1.61. The fourth-order valence-corrected chi connectivity index (χ4v) is 0.855. The Kier molecular flexibility index (Phi) is 5.97. The molecule has 0 bridgehead atoms. The van der Waals surface area contributed by atoms with E-state index in [0.717, 1.165) is 19.3 Å². The highest BCUT2D eigenvalue weighted by Crippen LogP contribution is 2.06. The van der Waals surface area contributed by atoms with Crippen molar-refractivity contribution in [3.8, 4) is 11.8 Å². The zero-order valence-corrected chi connectivity index (χ0v) is 7.43. The van der Waals surface area contributed by atoms with Gasteiger partial charge in [0, 0.05) is 12.3 Å². The van der Waals surface area contributed by atoms with E-state index in [0.29, 0.717) is 0 Å². The Balaban J connectivity index is 3.79. The summed E-state index contributed by atoms with van der Waals surface area (Å²) < 4.78 is 0. The normalized spacial score (nSPS) is 14.9. The molecule has 0 aliphatic heterocycles. The molecule has 0 aromatic heterocycles. The minimum atomic E-state index is -0.308. The third kappa shape index (κ3) is 4.86. The average molecular weight is 153 g/mol.